The van der Waals surface area contributed by atoms with Crippen LogP contribution in [0.5, 0.6) is 0 Å². The van der Waals surface area contributed by atoms with Crippen molar-refractivity contribution in [3.63, 3.8) is 0 Å². The third-order valence-corrected chi connectivity index (χ3v) is 3.30. The van der Waals surface area contributed by atoms with Gasteiger partial charge in [-0.1, -0.05) is 19.8 Å². The molecule has 9 nitrogen and oxygen atoms in total. The van der Waals surface area contributed by atoms with E-state index in [1.807, 2.05) is 6.92 Å². The van der Waals surface area contributed by atoms with E-state index in [0.717, 1.165) is 17.7 Å². The summed E-state index contributed by atoms with van der Waals surface area (Å²) in [6, 6.07) is -2.70. The number of carboxylic acids is 3. The third-order valence-electron chi connectivity index (χ3n) is 3.30. The van der Waals surface area contributed by atoms with Crippen LogP contribution in [-0.4, -0.2) is 62.7 Å². The second-order valence-electron chi connectivity index (χ2n) is 5.23. The van der Waals surface area contributed by atoms with Crippen LogP contribution in [-0.2, 0) is 19.2 Å². The Labute approximate surface area is 134 Å². The van der Waals surface area contributed by atoms with Gasteiger partial charge < -0.3 is 26.0 Å². The summed E-state index contributed by atoms with van der Waals surface area (Å²) in [4.78, 5) is 46.0. The number of carbonyl (C=O) groups excluding carboxylic acids is 1. The summed E-state index contributed by atoms with van der Waals surface area (Å²) < 4.78 is 0. The van der Waals surface area contributed by atoms with Crippen molar-refractivity contribution < 1.29 is 34.5 Å². The van der Waals surface area contributed by atoms with Crippen LogP contribution in [0, 0.1) is 0 Å². The number of rotatable bonds is 12. The molecule has 0 saturated carbocycles. The molecular formula is C14H24N2O7. The molecule has 0 aromatic heterocycles. The minimum atomic E-state index is -1.52. The molecule has 0 bridgehead atoms. The predicted octanol–water partition coefficient (Wildman–Crippen LogP) is 0.125. The third kappa shape index (κ3) is 8.15. The summed E-state index contributed by atoms with van der Waals surface area (Å²) in [5, 5.41) is 26.7. The van der Waals surface area contributed by atoms with Crippen LogP contribution in [0.1, 0.15) is 45.4 Å². The van der Waals surface area contributed by atoms with Gasteiger partial charge in [0.15, 0.2) is 0 Å². The fourth-order valence-electron chi connectivity index (χ4n) is 2.06. The lowest BCUT2D eigenvalue weighted by atomic mass is 10.1. The number of nitrogens with two attached hydrogens (primary N) is 1. The minimum absolute atomic E-state index is 0.0672. The molecule has 0 aromatic carbocycles. The van der Waals surface area contributed by atoms with Crippen molar-refractivity contribution in [3.05, 3.63) is 0 Å². The molecule has 0 saturated heterocycles. The van der Waals surface area contributed by atoms with Crippen molar-refractivity contribution in [1.29, 1.82) is 0 Å². The van der Waals surface area contributed by atoms with Gasteiger partial charge in [-0.05, 0) is 12.8 Å². The summed E-state index contributed by atoms with van der Waals surface area (Å²) in [5.41, 5.74) is 5.64. The fraction of sp³-hybridized carbons (Fsp3) is 0.714. The van der Waals surface area contributed by atoms with Gasteiger partial charge in [0.1, 0.15) is 6.04 Å². The number of carboxylic acid groups (broad SMARTS) is 3. The number of unbranched alkanes of at least 4 members (excludes halogenated alkanes) is 2. The summed E-state index contributed by atoms with van der Waals surface area (Å²) in [6.07, 6.45) is 0.887. The standard InChI is InChI=1S/C14H24N2O7/c1-2-3-4-7-16(10(14(22)23)8-12(19)20)13(21)9(15)5-6-11(17)18/h9-10H,2-8,15H2,1H3,(H,17,18)(H,19,20)(H,22,23)/t9-,10-/m0/s1. The first-order valence-electron chi connectivity index (χ1n) is 7.43. The van der Waals surface area contributed by atoms with E-state index in [2.05, 4.69) is 0 Å². The highest BCUT2D eigenvalue weighted by atomic mass is 16.4. The molecule has 0 heterocycles. The molecule has 0 rings (SSSR count). The molecule has 23 heavy (non-hydrogen) atoms. The maximum atomic E-state index is 12.3. The van der Waals surface area contributed by atoms with Crippen LogP contribution in [0.3, 0.4) is 0 Å². The molecule has 2 atom stereocenters. The van der Waals surface area contributed by atoms with Gasteiger partial charge >= 0.3 is 17.9 Å². The molecule has 0 aliphatic rings. The summed E-state index contributed by atoms with van der Waals surface area (Å²) in [5.74, 6) is -4.63. The fourth-order valence-corrected chi connectivity index (χ4v) is 2.06. The van der Waals surface area contributed by atoms with Gasteiger partial charge in [-0.25, -0.2) is 4.79 Å². The smallest absolute Gasteiger partial charge is 0.327 e. The molecule has 0 aliphatic heterocycles. The Bertz CT molecular complexity index is 439. The lowest BCUT2D eigenvalue weighted by Crippen LogP contribution is -2.52. The zero-order valence-electron chi connectivity index (χ0n) is 13.1. The average Bonchev–Trinajstić information content (AvgIpc) is 2.46. The first-order chi connectivity index (χ1) is 10.7. The zero-order chi connectivity index (χ0) is 18.0. The molecule has 0 aliphatic carbocycles. The SMILES string of the molecule is CCCCCN(C(=O)[C@@H](N)CCC(=O)O)[C@@H](CC(=O)O)C(=O)O. The van der Waals surface area contributed by atoms with Crippen molar-refractivity contribution in [2.45, 2.75) is 57.5 Å². The van der Waals surface area contributed by atoms with Crippen LogP contribution in [0.25, 0.3) is 0 Å². The van der Waals surface area contributed by atoms with E-state index in [0.29, 0.717) is 6.42 Å². The molecular weight excluding hydrogens is 308 g/mol. The molecule has 0 radical (unpaired) electrons. The Balaban J connectivity index is 5.14. The van der Waals surface area contributed by atoms with Crippen molar-refractivity contribution in [1.82, 2.24) is 4.90 Å². The second kappa shape index (κ2) is 10.5. The van der Waals surface area contributed by atoms with Crippen LogP contribution in [0.4, 0.5) is 0 Å². The van der Waals surface area contributed by atoms with Crippen molar-refractivity contribution in [2.75, 3.05) is 6.54 Å². The van der Waals surface area contributed by atoms with Gasteiger partial charge in [0.2, 0.25) is 5.91 Å². The number of nitrogens with zero attached hydrogens (tertiary/aromatic N) is 1. The molecule has 0 spiro atoms. The molecule has 5 N–H and O–H groups in total. The highest BCUT2D eigenvalue weighted by Gasteiger charge is 2.33. The summed E-state index contributed by atoms with van der Waals surface area (Å²) in [7, 11) is 0. The van der Waals surface area contributed by atoms with Gasteiger partial charge in [0.25, 0.3) is 0 Å². The van der Waals surface area contributed by atoms with E-state index in [1.165, 1.54) is 0 Å². The number of amides is 1. The van der Waals surface area contributed by atoms with Crippen LogP contribution >= 0.6 is 0 Å². The van der Waals surface area contributed by atoms with Crippen LogP contribution in [0.15, 0.2) is 0 Å². The largest absolute Gasteiger partial charge is 0.481 e. The van der Waals surface area contributed by atoms with Gasteiger partial charge in [-0.3, -0.25) is 14.4 Å². The van der Waals surface area contributed by atoms with E-state index in [4.69, 9.17) is 15.9 Å². The molecule has 1 amide bonds. The highest BCUT2D eigenvalue weighted by molar-refractivity contribution is 5.89. The Morgan fingerprint density at radius 2 is 1.65 bits per heavy atom. The second-order valence-corrected chi connectivity index (χ2v) is 5.23. The molecule has 0 fully saturated rings. The Morgan fingerprint density at radius 3 is 2.09 bits per heavy atom. The van der Waals surface area contributed by atoms with Crippen molar-refractivity contribution in [2.24, 2.45) is 5.73 Å². The normalized spacial score (nSPS) is 13.1. The Kier molecular flexibility index (Phi) is 9.56. The highest BCUT2D eigenvalue weighted by Crippen LogP contribution is 2.12. The average molecular weight is 332 g/mol. The first kappa shape index (κ1) is 20.8. The monoisotopic (exact) mass is 332 g/mol. The van der Waals surface area contributed by atoms with E-state index < -0.39 is 42.3 Å². The lowest BCUT2D eigenvalue weighted by molar-refractivity contribution is -0.155. The van der Waals surface area contributed by atoms with Crippen molar-refractivity contribution >= 4 is 23.8 Å². The predicted molar refractivity (Wildman–Crippen MR) is 79.8 cm³/mol. The Morgan fingerprint density at radius 1 is 1.04 bits per heavy atom. The minimum Gasteiger partial charge on any atom is -0.481 e. The van der Waals surface area contributed by atoms with Crippen LogP contribution in [0.2, 0.25) is 0 Å². The topological polar surface area (TPSA) is 158 Å². The van der Waals surface area contributed by atoms with Crippen molar-refractivity contribution in [3.8, 4) is 0 Å². The molecule has 0 aromatic rings. The van der Waals surface area contributed by atoms with Gasteiger partial charge in [0, 0.05) is 13.0 Å². The first-order valence-corrected chi connectivity index (χ1v) is 7.43. The molecule has 132 valence electrons. The van der Waals surface area contributed by atoms with E-state index in [1.54, 1.807) is 0 Å². The van der Waals surface area contributed by atoms with E-state index in [9.17, 15) is 24.3 Å². The van der Waals surface area contributed by atoms with E-state index in [-0.39, 0.29) is 19.4 Å². The number of hydrogen-bond acceptors (Lipinski definition) is 5. The number of hydrogen-bond donors (Lipinski definition) is 4. The summed E-state index contributed by atoms with van der Waals surface area (Å²) in [6.45, 7) is 1.99. The van der Waals surface area contributed by atoms with Crippen LogP contribution < -0.4 is 5.73 Å². The maximum Gasteiger partial charge on any atom is 0.327 e. The maximum absolute atomic E-state index is 12.3. The number of aliphatic carboxylic acids is 3. The van der Waals surface area contributed by atoms with Gasteiger partial charge in [0.05, 0.1) is 12.5 Å². The van der Waals surface area contributed by atoms with Gasteiger partial charge in [-0.2, -0.15) is 0 Å². The van der Waals surface area contributed by atoms with E-state index >= 15 is 0 Å². The lowest BCUT2D eigenvalue weighted by Gasteiger charge is -2.30. The molecule has 0 unspecified atom stereocenters. The Hall–Kier alpha value is -2.16. The quantitative estimate of drug-likeness (QED) is 0.367. The summed E-state index contributed by atoms with van der Waals surface area (Å²) >= 11 is 0. The number of carbonyl (C=O) groups is 4. The zero-order valence-corrected chi connectivity index (χ0v) is 13.1. The van der Waals surface area contributed by atoms with Gasteiger partial charge in [-0.15, -0.1) is 0 Å². The molecule has 9 heteroatoms.